The van der Waals surface area contributed by atoms with Gasteiger partial charge in [0.25, 0.3) is 0 Å². The molecule has 0 aromatic carbocycles. The lowest BCUT2D eigenvalue weighted by atomic mass is 9.87. The summed E-state index contributed by atoms with van der Waals surface area (Å²) in [6.45, 7) is 13.1. The number of hydrogen-bond acceptors (Lipinski definition) is 3. The summed E-state index contributed by atoms with van der Waals surface area (Å²) in [5.41, 5.74) is 2.30. The van der Waals surface area contributed by atoms with Gasteiger partial charge in [0.2, 0.25) is 0 Å². The van der Waals surface area contributed by atoms with E-state index in [0.717, 1.165) is 11.4 Å². The van der Waals surface area contributed by atoms with Crippen LogP contribution in [0.3, 0.4) is 0 Å². The molecule has 0 aliphatic heterocycles. The second kappa shape index (κ2) is 3.77. The first kappa shape index (κ1) is 12.5. The van der Waals surface area contributed by atoms with Gasteiger partial charge in [-0.05, 0) is 11.4 Å². The zero-order valence-corrected chi connectivity index (χ0v) is 12.3. The lowest BCUT2D eigenvalue weighted by Gasteiger charge is -2.22. The standard InChI is InChI=1S/C14H20N2S/c1-13(2,3)11-9-7-8-17-10(9)12(16-15-11)14(4,5)6/h7-8H,1-6H3. The zero-order chi connectivity index (χ0) is 12.8. The van der Waals surface area contributed by atoms with Crippen LogP contribution in [0.2, 0.25) is 0 Å². The molecule has 0 bridgehead atoms. The van der Waals surface area contributed by atoms with Gasteiger partial charge in [-0.1, -0.05) is 41.5 Å². The maximum Gasteiger partial charge on any atom is 0.0862 e. The second-order valence-electron chi connectivity index (χ2n) is 6.56. The maximum atomic E-state index is 4.48. The van der Waals surface area contributed by atoms with Crippen molar-refractivity contribution in [2.45, 2.75) is 52.4 Å². The fourth-order valence-corrected chi connectivity index (χ4v) is 3.01. The highest BCUT2D eigenvalue weighted by Gasteiger charge is 2.25. The predicted molar refractivity (Wildman–Crippen MR) is 74.8 cm³/mol. The monoisotopic (exact) mass is 248 g/mol. The first-order valence-corrected chi connectivity index (χ1v) is 6.84. The van der Waals surface area contributed by atoms with Crippen LogP contribution in [-0.2, 0) is 10.8 Å². The molecule has 2 rings (SSSR count). The van der Waals surface area contributed by atoms with E-state index in [-0.39, 0.29) is 10.8 Å². The minimum atomic E-state index is 0.0444. The number of fused-ring (bicyclic) bond motifs is 1. The molecule has 2 aromatic rings. The van der Waals surface area contributed by atoms with Gasteiger partial charge in [-0.15, -0.1) is 11.3 Å². The molecule has 0 radical (unpaired) electrons. The van der Waals surface area contributed by atoms with Crippen LogP contribution in [0, 0.1) is 0 Å². The van der Waals surface area contributed by atoms with Crippen LogP contribution in [0.25, 0.3) is 10.1 Å². The average molecular weight is 248 g/mol. The lowest BCUT2D eigenvalue weighted by molar-refractivity contribution is 0.538. The zero-order valence-electron chi connectivity index (χ0n) is 11.5. The molecule has 3 heteroatoms. The molecule has 2 heterocycles. The van der Waals surface area contributed by atoms with E-state index in [1.807, 2.05) is 0 Å². The van der Waals surface area contributed by atoms with E-state index < -0.39 is 0 Å². The first-order chi connectivity index (χ1) is 7.71. The average Bonchev–Trinajstić information content (AvgIpc) is 2.60. The Morgan fingerprint density at radius 2 is 1.41 bits per heavy atom. The van der Waals surface area contributed by atoms with Gasteiger partial charge in [0.1, 0.15) is 0 Å². The Labute approximate surface area is 107 Å². The highest BCUT2D eigenvalue weighted by Crippen LogP contribution is 2.36. The van der Waals surface area contributed by atoms with Crippen LogP contribution >= 0.6 is 11.3 Å². The molecule has 0 unspecified atom stereocenters. The van der Waals surface area contributed by atoms with Gasteiger partial charge in [0.05, 0.1) is 16.1 Å². The molecule has 0 amide bonds. The fraction of sp³-hybridized carbons (Fsp3) is 0.571. The Kier molecular flexibility index (Phi) is 2.77. The van der Waals surface area contributed by atoms with Crippen LogP contribution in [0.15, 0.2) is 11.4 Å². The van der Waals surface area contributed by atoms with E-state index in [9.17, 15) is 0 Å². The quantitative estimate of drug-likeness (QED) is 0.695. The molecular weight excluding hydrogens is 228 g/mol. The normalized spacial score (nSPS) is 13.3. The molecule has 0 aliphatic rings. The second-order valence-corrected chi connectivity index (χ2v) is 7.48. The third-order valence-corrected chi connectivity index (χ3v) is 3.73. The molecule has 0 spiro atoms. The van der Waals surface area contributed by atoms with Gasteiger partial charge in [0.15, 0.2) is 0 Å². The molecule has 0 atom stereocenters. The molecule has 0 saturated heterocycles. The van der Waals surface area contributed by atoms with E-state index in [1.54, 1.807) is 11.3 Å². The van der Waals surface area contributed by atoms with Gasteiger partial charge in [-0.25, -0.2) is 0 Å². The van der Waals surface area contributed by atoms with Crippen molar-refractivity contribution < 1.29 is 0 Å². The topological polar surface area (TPSA) is 25.8 Å². The molecule has 0 saturated carbocycles. The van der Waals surface area contributed by atoms with E-state index in [1.165, 1.54) is 10.1 Å². The van der Waals surface area contributed by atoms with Gasteiger partial charge < -0.3 is 0 Å². The van der Waals surface area contributed by atoms with Crippen molar-refractivity contribution in [2.24, 2.45) is 0 Å². The fourth-order valence-electron chi connectivity index (χ4n) is 1.92. The lowest BCUT2D eigenvalue weighted by Crippen LogP contribution is -2.19. The number of aromatic nitrogens is 2. The van der Waals surface area contributed by atoms with Crippen molar-refractivity contribution >= 4 is 21.4 Å². The summed E-state index contributed by atoms with van der Waals surface area (Å²) < 4.78 is 1.29. The minimum Gasteiger partial charge on any atom is -0.154 e. The molecule has 17 heavy (non-hydrogen) atoms. The summed E-state index contributed by atoms with van der Waals surface area (Å²) in [6, 6.07) is 2.17. The van der Waals surface area contributed by atoms with E-state index in [0.29, 0.717) is 0 Å². The van der Waals surface area contributed by atoms with E-state index in [4.69, 9.17) is 0 Å². The Balaban J connectivity index is 2.76. The number of hydrogen-bond donors (Lipinski definition) is 0. The third-order valence-electron chi connectivity index (χ3n) is 2.81. The summed E-state index contributed by atoms with van der Waals surface area (Å²) in [6.07, 6.45) is 0. The van der Waals surface area contributed by atoms with Gasteiger partial charge in [-0.3, -0.25) is 0 Å². The van der Waals surface area contributed by atoms with E-state index in [2.05, 4.69) is 63.2 Å². The Morgan fingerprint density at radius 3 is 1.94 bits per heavy atom. The van der Waals surface area contributed by atoms with Crippen LogP contribution in [0.1, 0.15) is 52.9 Å². The largest absolute Gasteiger partial charge is 0.154 e. The van der Waals surface area contributed by atoms with Crippen molar-refractivity contribution in [3.63, 3.8) is 0 Å². The highest BCUT2D eigenvalue weighted by molar-refractivity contribution is 7.17. The molecule has 0 N–H and O–H groups in total. The van der Waals surface area contributed by atoms with Crippen molar-refractivity contribution in [3.8, 4) is 0 Å². The van der Waals surface area contributed by atoms with E-state index >= 15 is 0 Å². The summed E-state index contributed by atoms with van der Waals surface area (Å²) in [5.74, 6) is 0. The number of nitrogens with zero attached hydrogens (tertiary/aromatic N) is 2. The Bertz CT molecular complexity index is 493. The van der Waals surface area contributed by atoms with Crippen LogP contribution < -0.4 is 0 Å². The smallest absolute Gasteiger partial charge is 0.0862 e. The van der Waals surface area contributed by atoms with Crippen molar-refractivity contribution in [2.75, 3.05) is 0 Å². The van der Waals surface area contributed by atoms with Crippen molar-refractivity contribution in [1.29, 1.82) is 0 Å². The maximum absolute atomic E-state index is 4.48. The Hall–Kier alpha value is -0.960. The Morgan fingerprint density at radius 1 is 0.882 bits per heavy atom. The summed E-state index contributed by atoms with van der Waals surface area (Å²) in [4.78, 5) is 0. The summed E-state index contributed by atoms with van der Waals surface area (Å²) >= 11 is 1.77. The molecule has 0 fully saturated rings. The summed E-state index contributed by atoms with van der Waals surface area (Å²) in [5, 5.41) is 12.4. The number of rotatable bonds is 0. The molecular formula is C14H20N2S. The molecule has 2 aromatic heterocycles. The van der Waals surface area contributed by atoms with Gasteiger partial charge in [-0.2, -0.15) is 10.2 Å². The van der Waals surface area contributed by atoms with Crippen molar-refractivity contribution in [3.05, 3.63) is 22.8 Å². The van der Waals surface area contributed by atoms with Crippen LogP contribution in [0.4, 0.5) is 0 Å². The minimum absolute atomic E-state index is 0.0444. The van der Waals surface area contributed by atoms with Gasteiger partial charge in [0, 0.05) is 16.2 Å². The highest BCUT2D eigenvalue weighted by atomic mass is 32.1. The molecule has 2 nitrogen and oxygen atoms in total. The van der Waals surface area contributed by atoms with Crippen molar-refractivity contribution in [1.82, 2.24) is 10.2 Å². The summed E-state index contributed by atoms with van der Waals surface area (Å²) in [7, 11) is 0. The molecule has 0 aliphatic carbocycles. The SMILES string of the molecule is CC(C)(C)c1nnc(C(C)(C)C)c2sccc12. The number of thiophene rings is 1. The molecule has 92 valence electrons. The predicted octanol–water partition coefficient (Wildman–Crippen LogP) is 4.29. The van der Waals surface area contributed by atoms with Crippen LogP contribution in [-0.4, -0.2) is 10.2 Å². The third kappa shape index (κ3) is 2.21. The van der Waals surface area contributed by atoms with Gasteiger partial charge >= 0.3 is 0 Å². The van der Waals surface area contributed by atoms with Crippen LogP contribution in [0.5, 0.6) is 0 Å². The first-order valence-electron chi connectivity index (χ1n) is 5.96.